The first-order chi connectivity index (χ1) is 12.9. The van der Waals surface area contributed by atoms with Crippen molar-refractivity contribution in [3.8, 4) is 5.88 Å². The molecule has 0 saturated carbocycles. The van der Waals surface area contributed by atoms with Gasteiger partial charge in [0.15, 0.2) is 0 Å². The van der Waals surface area contributed by atoms with Crippen molar-refractivity contribution in [2.45, 2.75) is 38.5 Å². The lowest BCUT2D eigenvalue weighted by molar-refractivity contribution is 0.0600. The molecule has 0 aliphatic carbocycles. The Morgan fingerprint density at radius 2 is 1.89 bits per heavy atom. The van der Waals surface area contributed by atoms with E-state index in [4.69, 9.17) is 16.3 Å². The van der Waals surface area contributed by atoms with Crippen molar-refractivity contribution in [2.75, 3.05) is 18.9 Å². The van der Waals surface area contributed by atoms with E-state index in [1.807, 2.05) is 13.0 Å². The quantitative estimate of drug-likeness (QED) is 0.699. The van der Waals surface area contributed by atoms with Crippen LogP contribution in [0.1, 0.15) is 43.1 Å². The zero-order valence-electron chi connectivity index (χ0n) is 16.2. The van der Waals surface area contributed by atoms with E-state index in [0.29, 0.717) is 16.5 Å². The van der Waals surface area contributed by atoms with Gasteiger partial charge < -0.3 is 9.47 Å². The number of carbonyl (C=O) groups is 1. The summed E-state index contributed by atoms with van der Waals surface area (Å²) in [7, 11) is 1.11. The van der Waals surface area contributed by atoms with Gasteiger partial charge in [-0.2, -0.15) is 0 Å². The predicted molar refractivity (Wildman–Crippen MR) is 109 cm³/mol. The Kier molecular flexibility index (Phi) is 9.82. The Bertz CT molecular complexity index is 799. The molecule has 0 spiro atoms. The number of anilines is 1. The first-order valence-electron chi connectivity index (χ1n) is 8.50. The van der Waals surface area contributed by atoms with Crippen molar-refractivity contribution in [3.63, 3.8) is 0 Å². The third-order valence-corrected chi connectivity index (χ3v) is 4.69. The molecule has 6 nitrogen and oxygen atoms in total. The van der Waals surface area contributed by atoms with E-state index in [2.05, 4.69) is 28.3 Å². The number of carbonyl (C=O) groups excluding carboxylic acids is 1. The van der Waals surface area contributed by atoms with Crippen LogP contribution in [0.5, 0.6) is 5.88 Å². The van der Waals surface area contributed by atoms with E-state index in [-0.39, 0.29) is 10.6 Å². The monoisotopic (exact) mass is 412 g/mol. The molecule has 2 aromatic rings. The van der Waals surface area contributed by atoms with Gasteiger partial charge in [-0.25, -0.2) is 14.0 Å². The van der Waals surface area contributed by atoms with E-state index in [0.717, 1.165) is 12.0 Å². The van der Waals surface area contributed by atoms with Crippen LogP contribution in [0.2, 0.25) is 5.02 Å². The van der Waals surface area contributed by atoms with Gasteiger partial charge in [0.1, 0.15) is 16.7 Å². The molecule has 0 fully saturated rings. The maximum atomic E-state index is 12.6. The highest BCUT2D eigenvalue weighted by Gasteiger charge is 2.16. The largest absolute Gasteiger partial charge is 0.480 e. The number of nitrogens with zero attached hydrogens (tertiary/aromatic N) is 1. The zero-order valence-corrected chi connectivity index (χ0v) is 17.7. The Morgan fingerprint density at radius 3 is 2.44 bits per heavy atom. The van der Waals surface area contributed by atoms with Gasteiger partial charge in [0.2, 0.25) is 5.88 Å². The van der Waals surface area contributed by atoms with E-state index >= 15 is 0 Å². The molecule has 1 aromatic heterocycles. The molecule has 1 aromatic carbocycles. The molecular formula is C19H25ClN2O4S. The SMILES string of the molecule is CCC.CCc1cnc(OC)c(NS(=O)c2ccc(Cl)c(C(=O)OC)c2)c1. The highest BCUT2D eigenvalue weighted by molar-refractivity contribution is 7.86. The molecule has 1 heterocycles. The Hall–Kier alpha value is -2.12. The molecule has 1 unspecified atom stereocenters. The van der Waals surface area contributed by atoms with Gasteiger partial charge in [-0.3, -0.25) is 4.72 Å². The summed E-state index contributed by atoms with van der Waals surface area (Å²) in [5.74, 6) is -0.256. The maximum Gasteiger partial charge on any atom is 0.339 e. The number of halogens is 1. The van der Waals surface area contributed by atoms with Crippen LogP contribution >= 0.6 is 11.6 Å². The predicted octanol–water partition coefficient (Wildman–Crippen LogP) is 4.64. The molecule has 0 bridgehead atoms. The number of hydrogen-bond donors (Lipinski definition) is 1. The minimum atomic E-state index is -1.63. The van der Waals surface area contributed by atoms with Crippen LogP contribution in [0.15, 0.2) is 35.4 Å². The normalized spacial score (nSPS) is 11.0. The Labute approximate surface area is 167 Å². The molecular weight excluding hydrogens is 388 g/mol. The number of esters is 1. The minimum absolute atomic E-state index is 0.152. The summed E-state index contributed by atoms with van der Waals surface area (Å²) in [6.45, 7) is 6.24. The molecule has 0 aliphatic heterocycles. The fraction of sp³-hybridized carbons (Fsp3) is 0.368. The number of pyridine rings is 1. The Morgan fingerprint density at radius 1 is 1.22 bits per heavy atom. The van der Waals surface area contributed by atoms with E-state index in [9.17, 15) is 9.00 Å². The zero-order chi connectivity index (χ0) is 20.4. The van der Waals surface area contributed by atoms with Crippen molar-refractivity contribution in [1.29, 1.82) is 0 Å². The van der Waals surface area contributed by atoms with Crippen LogP contribution in [-0.4, -0.2) is 29.4 Å². The minimum Gasteiger partial charge on any atom is -0.480 e. The smallest absolute Gasteiger partial charge is 0.339 e. The van der Waals surface area contributed by atoms with Crippen molar-refractivity contribution in [2.24, 2.45) is 0 Å². The molecule has 8 heteroatoms. The van der Waals surface area contributed by atoms with Crippen molar-refractivity contribution in [3.05, 3.63) is 46.6 Å². The number of ether oxygens (including phenoxy) is 2. The highest BCUT2D eigenvalue weighted by Crippen LogP contribution is 2.26. The summed E-state index contributed by atoms with van der Waals surface area (Å²) >= 11 is 5.97. The highest BCUT2D eigenvalue weighted by atomic mass is 35.5. The lowest BCUT2D eigenvalue weighted by atomic mass is 10.2. The average molecular weight is 413 g/mol. The number of aryl methyl sites for hydroxylation is 1. The number of hydrogen-bond acceptors (Lipinski definition) is 5. The fourth-order valence-electron chi connectivity index (χ4n) is 1.97. The molecule has 0 saturated heterocycles. The van der Waals surface area contributed by atoms with Gasteiger partial charge in [-0.15, -0.1) is 0 Å². The summed E-state index contributed by atoms with van der Waals surface area (Å²) in [4.78, 5) is 16.2. The number of benzene rings is 1. The third-order valence-electron chi connectivity index (χ3n) is 3.27. The van der Waals surface area contributed by atoms with E-state index in [1.54, 1.807) is 12.3 Å². The number of aromatic nitrogens is 1. The maximum absolute atomic E-state index is 12.6. The lowest BCUT2D eigenvalue weighted by Crippen LogP contribution is -2.09. The second-order valence-electron chi connectivity index (χ2n) is 5.47. The molecule has 0 amide bonds. The number of nitrogens with one attached hydrogen (secondary N) is 1. The van der Waals surface area contributed by atoms with Gasteiger partial charge in [-0.05, 0) is 36.2 Å². The van der Waals surface area contributed by atoms with Crippen LogP contribution in [0, 0.1) is 0 Å². The van der Waals surface area contributed by atoms with Crippen LogP contribution in [-0.2, 0) is 22.1 Å². The third kappa shape index (κ3) is 6.52. The van der Waals surface area contributed by atoms with Crippen LogP contribution in [0.3, 0.4) is 0 Å². The van der Waals surface area contributed by atoms with Crippen molar-refractivity contribution >= 4 is 34.2 Å². The van der Waals surface area contributed by atoms with Gasteiger partial charge >= 0.3 is 5.97 Å². The average Bonchev–Trinajstić information content (AvgIpc) is 2.68. The van der Waals surface area contributed by atoms with E-state index in [1.165, 1.54) is 32.8 Å². The van der Waals surface area contributed by atoms with Crippen LogP contribution < -0.4 is 9.46 Å². The molecule has 1 atom stereocenters. The van der Waals surface area contributed by atoms with Gasteiger partial charge in [0.05, 0.1) is 29.7 Å². The summed E-state index contributed by atoms with van der Waals surface area (Å²) < 4.78 is 25.3. The molecule has 27 heavy (non-hydrogen) atoms. The number of methoxy groups -OCH3 is 2. The molecule has 0 radical (unpaired) electrons. The fourth-order valence-corrected chi connectivity index (χ4v) is 3.04. The number of rotatable bonds is 6. The summed E-state index contributed by atoms with van der Waals surface area (Å²) in [5.41, 5.74) is 1.63. The van der Waals surface area contributed by atoms with Gasteiger partial charge in [0.25, 0.3) is 0 Å². The Balaban J connectivity index is 0.00000114. The molecule has 0 aliphatic rings. The molecule has 1 N–H and O–H groups in total. The topological polar surface area (TPSA) is 77.5 Å². The summed E-state index contributed by atoms with van der Waals surface area (Å²) in [6.07, 6.45) is 3.73. The van der Waals surface area contributed by atoms with Gasteiger partial charge in [0, 0.05) is 6.20 Å². The second-order valence-corrected chi connectivity index (χ2v) is 7.09. The van der Waals surface area contributed by atoms with E-state index < -0.39 is 17.0 Å². The summed E-state index contributed by atoms with van der Waals surface area (Å²) in [5, 5.41) is 0.231. The summed E-state index contributed by atoms with van der Waals surface area (Å²) in [6, 6.07) is 6.32. The van der Waals surface area contributed by atoms with Crippen molar-refractivity contribution in [1.82, 2.24) is 4.98 Å². The van der Waals surface area contributed by atoms with Crippen LogP contribution in [0.4, 0.5) is 5.69 Å². The molecule has 148 valence electrons. The molecule has 2 rings (SSSR count). The first-order valence-corrected chi connectivity index (χ1v) is 10.0. The van der Waals surface area contributed by atoms with Gasteiger partial charge in [-0.1, -0.05) is 38.8 Å². The van der Waals surface area contributed by atoms with Crippen LogP contribution in [0.25, 0.3) is 0 Å². The standard InChI is InChI=1S/C16H17ClN2O4S.C3H8/c1-4-10-7-14(15(22-2)18-9-10)19-24(21)11-5-6-13(17)12(8-11)16(20)23-3;1-3-2/h5-9,19H,4H2,1-3H3;3H2,1-2H3. The van der Waals surface area contributed by atoms with Crippen molar-refractivity contribution < 1.29 is 18.5 Å². The second kappa shape index (κ2) is 11.6. The first kappa shape index (κ1) is 22.9. The lowest BCUT2D eigenvalue weighted by Gasteiger charge is -2.12.